The smallest absolute Gasteiger partial charge is 0.407 e. The topological polar surface area (TPSA) is 124 Å². The number of anilines is 2. The van der Waals surface area contributed by atoms with Gasteiger partial charge in [-0.15, -0.1) is 0 Å². The first-order chi connectivity index (χ1) is 14.8. The van der Waals surface area contributed by atoms with Gasteiger partial charge in [0.1, 0.15) is 17.5 Å². The van der Waals surface area contributed by atoms with Gasteiger partial charge in [-0.3, -0.25) is 14.5 Å². The second kappa shape index (κ2) is 9.59. The van der Waals surface area contributed by atoms with Crippen LogP contribution in [0.5, 0.6) is 0 Å². The second-order valence-corrected chi connectivity index (χ2v) is 7.71. The van der Waals surface area contributed by atoms with E-state index < -0.39 is 12.0 Å². The Morgan fingerprint density at radius 3 is 2.61 bits per heavy atom. The predicted octanol–water partition coefficient (Wildman–Crippen LogP) is 3.16. The Labute approximate surface area is 179 Å². The van der Waals surface area contributed by atoms with Crippen molar-refractivity contribution in [1.29, 1.82) is 0 Å². The minimum absolute atomic E-state index is 0.00789. The highest BCUT2D eigenvalue weighted by Crippen LogP contribution is 2.30. The van der Waals surface area contributed by atoms with Gasteiger partial charge in [0.25, 0.3) is 5.91 Å². The summed E-state index contributed by atoms with van der Waals surface area (Å²) in [5.74, 6) is -0.714. The van der Waals surface area contributed by atoms with E-state index in [1.54, 1.807) is 30.1 Å². The number of nitrogens with zero attached hydrogens (tertiary/aromatic N) is 3. The molecule has 3 rings (SSSR count). The molecular formula is C21H27FN6O3. The van der Waals surface area contributed by atoms with Crippen LogP contribution in [0.4, 0.5) is 20.7 Å². The molecule has 0 aliphatic heterocycles. The zero-order valence-corrected chi connectivity index (χ0v) is 17.8. The maximum atomic E-state index is 13.2. The monoisotopic (exact) mass is 430 g/mol. The fourth-order valence-electron chi connectivity index (χ4n) is 3.52. The highest BCUT2D eigenvalue weighted by atomic mass is 19.1. The van der Waals surface area contributed by atoms with E-state index in [0.29, 0.717) is 24.9 Å². The van der Waals surface area contributed by atoms with Crippen molar-refractivity contribution in [2.45, 2.75) is 51.3 Å². The lowest BCUT2D eigenvalue weighted by atomic mass is 9.91. The number of hydrogen-bond donors (Lipinski definition) is 3. The number of rotatable bonds is 6. The van der Waals surface area contributed by atoms with Crippen LogP contribution < -0.4 is 16.4 Å². The number of carbonyl (C=O) groups is 2. The van der Waals surface area contributed by atoms with Crippen LogP contribution in [0.2, 0.25) is 0 Å². The van der Waals surface area contributed by atoms with Gasteiger partial charge in [0.2, 0.25) is 0 Å². The number of primary amides is 1. The van der Waals surface area contributed by atoms with Crippen molar-refractivity contribution in [3.05, 3.63) is 41.8 Å². The number of halogens is 1. The van der Waals surface area contributed by atoms with Crippen molar-refractivity contribution < 1.29 is 18.7 Å². The molecule has 31 heavy (non-hydrogen) atoms. The van der Waals surface area contributed by atoms with E-state index in [2.05, 4.69) is 20.7 Å². The number of hydrogen-bond acceptors (Lipinski definition) is 6. The molecule has 0 spiro atoms. The van der Waals surface area contributed by atoms with Gasteiger partial charge in [0.05, 0.1) is 6.04 Å². The fraction of sp³-hybridized carbons (Fsp3) is 0.429. The molecule has 1 aliphatic rings. The molecule has 10 heteroatoms. The fourth-order valence-corrected chi connectivity index (χ4v) is 3.52. The number of aromatic nitrogens is 2. The van der Waals surface area contributed by atoms with Crippen LogP contribution in [0.25, 0.3) is 0 Å². The summed E-state index contributed by atoms with van der Waals surface area (Å²) in [6, 6.07) is 5.50. The van der Waals surface area contributed by atoms with E-state index in [-0.39, 0.29) is 35.4 Å². The zero-order chi connectivity index (χ0) is 22.5. The van der Waals surface area contributed by atoms with E-state index in [9.17, 15) is 14.0 Å². The number of aliphatic imine (C=N–C) groups is 1. The zero-order valence-electron chi connectivity index (χ0n) is 17.8. The highest BCUT2D eigenvalue weighted by molar-refractivity contribution is 5.98. The molecule has 0 radical (unpaired) electrons. The standard InChI is InChI=1S/C21H27FN6O3/c1-12(2)25-21(30)31-15-8-9-18(17(10-15)24-3)28-11-16(19(23)29)20(27-28)26-14-6-4-13(22)5-7-14/h4-7,11-12,15,18H,8-10H2,1-3H3,(H2,23,29)(H,25,30)(H,26,27)/b24-17+/t15-,18+/m1/s1. The van der Waals surface area contributed by atoms with Crippen molar-refractivity contribution >= 4 is 29.2 Å². The molecule has 2 amide bonds. The summed E-state index contributed by atoms with van der Waals surface area (Å²) in [5.41, 5.74) is 7.13. The van der Waals surface area contributed by atoms with E-state index in [1.807, 2.05) is 13.8 Å². The molecule has 1 heterocycles. The van der Waals surface area contributed by atoms with Gasteiger partial charge in [-0.2, -0.15) is 5.10 Å². The van der Waals surface area contributed by atoms with Crippen LogP contribution >= 0.6 is 0 Å². The summed E-state index contributed by atoms with van der Waals surface area (Å²) in [6.45, 7) is 3.73. The number of amides is 2. The molecule has 1 fully saturated rings. The first-order valence-electron chi connectivity index (χ1n) is 10.1. The minimum atomic E-state index is -0.631. The second-order valence-electron chi connectivity index (χ2n) is 7.71. The van der Waals surface area contributed by atoms with Crippen molar-refractivity contribution in [2.75, 3.05) is 12.4 Å². The highest BCUT2D eigenvalue weighted by Gasteiger charge is 2.31. The molecule has 1 aromatic carbocycles. The number of ether oxygens (including phenoxy) is 1. The van der Waals surface area contributed by atoms with Crippen LogP contribution in [0.1, 0.15) is 49.5 Å². The molecule has 1 saturated carbocycles. The number of nitrogens with two attached hydrogens (primary N) is 1. The normalized spacial score (nSPS) is 20.0. The number of nitrogens with one attached hydrogen (secondary N) is 2. The van der Waals surface area contributed by atoms with E-state index in [0.717, 1.165) is 5.71 Å². The summed E-state index contributed by atoms with van der Waals surface area (Å²) in [7, 11) is 1.68. The summed E-state index contributed by atoms with van der Waals surface area (Å²) in [4.78, 5) is 28.2. The van der Waals surface area contributed by atoms with Crippen LogP contribution in [0.3, 0.4) is 0 Å². The third kappa shape index (κ3) is 5.59. The van der Waals surface area contributed by atoms with Crippen LogP contribution in [0, 0.1) is 5.82 Å². The average molecular weight is 430 g/mol. The Hall–Kier alpha value is -3.43. The van der Waals surface area contributed by atoms with E-state index >= 15 is 0 Å². The summed E-state index contributed by atoms with van der Waals surface area (Å²) in [5, 5.41) is 10.2. The van der Waals surface area contributed by atoms with Gasteiger partial charge in [-0.25, -0.2) is 9.18 Å². The number of benzene rings is 1. The minimum Gasteiger partial charge on any atom is -0.446 e. The van der Waals surface area contributed by atoms with Gasteiger partial charge in [-0.05, 0) is 51.0 Å². The Morgan fingerprint density at radius 2 is 2.00 bits per heavy atom. The van der Waals surface area contributed by atoms with Crippen molar-refractivity contribution in [3.63, 3.8) is 0 Å². The maximum Gasteiger partial charge on any atom is 0.407 e. The SMILES string of the molecule is C/N=C1\C[C@H](OC(=O)NC(C)C)CC[C@@H]1n1cc(C(N)=O)c(Nc2ccc(F)cc2)n1. The van der Waals surface area contributed by atoms with Crippen molar-refractivity contribution in [1.82, 2.24) is 15.1 Å². The average Bonchev–Trinajstić information content (AvgIpc) is 3.12. The molecule has 9 nitrogen and oxygen atoms in total. The van der Waals surface area contributed by atoms with Crippen LogP contribution in [-0.2, 0) is 4.74 Å². The molecule has 1 aliphatic carbocycles. The largest absolute Gasteiger partial charge is 0.446 e. The first-order valence-corrected chi connectivity index (χ1v) is 10.1. The molecule has 0 unspecified atom stereocenters. The lowest BCUT2D eigenvalue weighted by Gasteiger charge is -2.30. The van der Waals surface area contributed by atoms with Crippen molar-refractivity contribution in [2.24, 2.45) is 10.7 Å². The van der Waals surface area contributed by atoms with Gasteiger partial charge in [0, 0.05) is 37.1 Å². The molecule has 1 aromatic heterocycles. The number of alkyl carbamates (subject to hydrolysis) is 1. The Balaban J connectivity index is 1.76. The van der Waals surface area contributed by atoms with Crippen molar-refractivity contribution in [3.8, 4) is 0 Å². The third-order valence-corrected chi connectivity index (χ3v) is 4.97. The lowest BCUT2D eigenvalue weighted by Crippen LogP contribution is -2.38. The van der Waals surface area contributed by atoms with E-state index in [4.69, 9.17) is 10.5 Å². The summed E-state index contributed by atoms with van der Waals surface area (Å²) in [6.07, 6.45) is 2.58. The molecule has 2 aromatic rings. The van der Waals surface area contributed by atoms with Crippen LogP contribution in [0.15, 0.2) is 35.5 Å². The first kappa shape index (κ1) is 22.3. The summed E-state index contributed by atoms with van der Waals surface area (Å²) >= 11 is 0. The molecule has 4 N–H and O–H groups in total. The van der Waals surface area contributed by atoms with Gasteiger partial charge in [0.15, 0.2) is 5.82 Å². The Kier molecular flexibility index (Phi) is 6.88. The third-order valence-electron chi connectivity index (χ3n) is 4.97. The molecule has 2 atom stereocenters. The maximum absolute atomic E-state index is 13.2. The van der Waals surface area contributed by atoms with Gasteiger partial charge >= 0.3 is 6.09 Å². The van der Waals surface area contributed by atoms with Gasteiger partial charge < -0.3 is 21.1 Å². The summed E-state index contributed by atoms with van der Waals surface area (Å²) < 4.78 is 20.3. The number of carbonyl (C=O) groups excluding carboxylic acids is 2. The Morgan fingerprint density at radius 1 is 1.29 bits per heavy atom. The molecule has 0 saturated heterocycles. The van der Waals surface area contributed by atoms with Gasteiger partial charge in [-0.1, -0.05) is 0 Å². The molecule has 0 bridgehead atoms. The van der Waals surface area contributed by atoms with Crippen LogP contribution in [-0.4, -0.2) is 46.7 Å². The molecular weight excluding hydrogens is 403 g/mol. The lowest BCUT2D eigenvalue weighted by molar-refractivity contribution is 0.0859. The quantitative estimate of drug-likeness (QED) is 0.649. The predicted molar refractivity (Wildman–Crippen MR) is 115 cm³/mol. The Bertz CT molecular complexity index is 970. The molecule has 166 valence electrons. The van der Waals surface area contributed by atoms with E-state index in [1.165, 1.54) is 12.1 Å².